The van der Waals surface area contributed by atoms with Crippen LogP contribution in [0.5, 0.6) is 0 Å². The van der Waals surface area contributed by atoms with Gasteiger partial charge in [-0.1, -0.05) is 34.6 Å². The van der Waals surface area contributed by atoms with Gasteiger partial charge < -0.3 is 10.6 Å². The number of nitrogens with zero attached hydrogens (tertiary/aromatic N) is 1. The summed E-state index contributed by atoms with van der Waals surface area (Å²) in [6, 6.07) is -0.331. The number of rotatable bonds is 6. The van der Waals surface area contributed by atoms with Crippen molar-refractivity contribution in [2.24, 2.45) is 17.6 Å². The Morgan fingerprint density at radius 1 is 1.13 bits per heavy atom. The van der Waals surface area contributed by atoms with E-state index in [1.54, 1.807) is 0 Å². The van der Waals surface area contributed by atoms with Crippen LogP contribution in [0.3, 0.4) is 0 Å². The summed E-state index contributed by atoms with van der Waals surface area (Å²) < 4.78 is 0. The fraction of sp³-hybridized carbons (Fsp3) is 0.917. The molecule has 3 heteroatoms. The summed E-state index contributed by atoms with van der Waals surface area (Å²) in [5.41, 5.74) is 5.78. The van der Waals surface area contributed by atoms with Crippen LogP contribution in [0.15, 0.2) is 0 Å². The van der Waals surface area contributed by atoms with Gasteiger partial charge in [0.15, 0.2) is 0 Å². The predicted molar refractivity (Wildman–Crippen MR) is 64.5 cm³/mol. The molecule has 2 N–H and O–H groups in total. The standard InChI is InChI=1S/C12H26N2O/c1-6-11(13)12(15)14(7-9(2)3)8-10(4)5/h9-11H,6-8,13H2,1-5H3. The molecule has 0 aliphatic rings. The second-order valence-electron chi connectivity index (χ2n) is 5.05. The highest BCUT2D eigenvalue weighted by Crippen LogP contribution is 2.06. The second kappa shape index (κ2) is 6.83. The van der Waals surface area contributed by atoms with Gasteiger partial charge in [-0.15, -0.1) is 0 Å². The molecule has 0 spiro atoms. The van der Waals surface area contributed by atoms with Crippen LogP contribution in [0.25, 0.3) is 0 Å². The maximum absolute atomic E-state index is 11.9. The summed E-state index contributed by atoms with van der Waals surface area (Å²) in [5, 5.41) is 0. The van der Waals surface area contributed by atoms with Crippen LogP contribution in [0.4, 0.5) is 0 Å². The third-order valence-corrected chi connectivity index (χ3v) is 2.24. The van der Waals surface area contributed by atoms with Crippen LogP contribution in [0.1, 0.15) is 41.0 Å². The number of hydrogen-bond donors (Lipinski definition) is 1. The van der Waals surface area contributed by atoms with Crippen molar-refractivity contribution in [3.8, 4) is 0 Å². The van der Waals surface area contributed by atoms with E-state index >= 15 is 0 Å². The van der Waals surface area contributed by atoms with E-state index in [9.17, 15) is 4.79 Å². The highest BCUT2D eigenvalue weighted by atomic mass is 16.2. The highest BCUT2D eigenvalue weighted by molar-refractivity contribution is 5.81. The molecule has 0 fully saturated rings. The van der Waals surface area contributed by atoms with E-state index in [0.29, 0.717) is 18.3 Å². The second-order valence-corrected chi connectivity index (χ2v) is 5.05. The molecule has 15 heavy (non-hydrogen) atoms. The maximum Gasteiger partial charge on any atom is 0.239 e. The van der Waals surface area contributed by atoms with Gasteiger partial charge in [-0.25, -0.2) is 0 Å². The zero-order valence-corrected chi connectivity index (χ0v) is 10.8. The Labute approximate surface area is 94.0 Å². The van der Waals surface area contributed by atoms with Crippen LogP contribution in [0.2, 0.25) is 0 Å². The van der Waals surface area contributed by atoms with E-state index in [1.807, 2.05) is 11.8 Å². The molecule has 1 amide bonds. The fourth-order valence-corrected chi connectivity index (χ4v) is 1.55. The average molecular weight is 214 g/mol. The normalized spacial score (nSPS) is 13.3. The SMILES string of the molecule is CCC(N)C(=O)N(CC(C)C)CC(C)C. The molecule has 0 bridgehead atoms. The van der Waals surface area contributed by atoms with Gasteiger partial charge in [0.25, 0.3) is 0 Å². The lowest BCUT2D eigenvalue weighted by molar-refractivity contribution is -0.133. The molecule has 0 aliphatic carbocycles. The molecule has 0 aromatic carbocycles. The summed E-state index contributed by atoms with van der Waals surface area (Å²) in [7, 11) is 0. The number of hydrogen-bond acceptors (Lipinski definition) is 2. The van der Waals surface area contributed by atoms with Gasteiger partial charge in [-0.3, -0.25) is 4.79 Å². The van der Waals surface area contributed by atoms with Gasteiger partial charge >= 0.3 is 0 Å². The lowest BCUT2D eigenvalue weighted by Gasteiger charge is -2.28. The molecule has 0 heterocycles. The van der Waals surface area contributed by atoms with E-state index in [0.717, 1.165) is 13.1 Å². The van der Waals surface area contributed by atoms with Crippen molar-refractivity contribution >= 4 is 5.91 Å². The van der Waals surface area contributed by atoms with Crippen LogP contribution < -0.4 is 5.73 Å². The van der Waals surface area contributed by atoms with Crippen LogP contribution in [-0.4, -0.2) is 29.9 Å². The topological polar surface area (TPSA) is 46.3 Å². The van der Waals surface area contributed by atoms with Gasteiger partial charge in [0.2, 0.25) is 5.91 Å². The minimum atomic E-state index is -0.331. The molecule has 3 nitrogen and oxygen atoms in total. The Hall–Kier alpha value is -0.570. The van der Waals surface area contributed by atoms with Gasteiger partial charge in [-0.05, 0) is 18.3 Å². The number of amides is 1. The van der Waals surface area contributed by atoms with Crippen molar-refractivity contribution in [3.63, 3.8) is 0 Å². The zero-order chi connectivity index (χ0) is 12.0. The Morgan fingerprint density at radius 3 is 1.80 bits per heavy atom. The first-order chi connectivity index (χ1) is 6.88. The number of carbonyl (C=O) groups excluding carboxylic acids is 1. The van der Waals surface area contributed by atoms with Crippen molar-refractivity contribution in [1.29, 1.82) is 0 Å². The summed E-state index contributed by atoms with van der Waals surface area (Å²) >= 11 is 0. The number of nitrogens with two attached hydrogens (primary N) is 1. The van der Waals surface area contributed by atoms with Crippen LogP contribution in [0, 0.1) is 11.8 Å². The van der Waals surface area contributed by atoms with E-state index in [2.05, 4.69) is 27.7 Å². The minimum Gasteiger partial charge on any atom is -0.341 e. The number of carbonyl (C=O) groups is 1. The smallest absolute Gasteiger partial charge is 0.239 e. The van der Waals surface area contributed by atoms with E-state index in [4.69, 9.17) is 5.73 Å². The van der Waals surface area contributed by atoms with Gasteiger partial charge in [0, 0.05) is 13.1 Å². The first kappa shape index (κ1) is 14.4. The molecule has 0 radical (unpaired) electrons. The van der Waals surface area contributed by atoms with Crippen molar-refractivity contribution in [1.82, 2.24) is 4.90 Å². The fourth-order valence-electron chi connectivity index (χ4n) is 1.55. The van der Waals surface area contributed by atoms with Crippen molar-refractivity contribution in [2.75, 3.05) is 13.1 Å². The van der Waals surface area contributed by atoms with Crippen molar-refractivity contribution < 1.29 is 4.79 Å². The highest BCUT2D eigenvalue weighted by Gasteiger charge is 2.20. The zero-order valence-electron chi connectivity index (χ0n) is 10.8. The quantitative estimate of drug-likeness (QED) is 0.733. The first-order valence-corrected chi connectivity index (χ1v) is 5.92. The molecular weight excluding hydrogens is 188 g/mol. The Bertz CT molecular complexity index is 180. The summed E-state index contributed by atoms with van der Waals surface area (Å²) in [5.74, 6) is 1.09. The Balaban J connectivity index is 4.40. The van der Waals surface area contributed by atoms with E-state index in [1.165, 1.54) is 0 Å². The largest absolute Gasteiger partial charge is 0.341 e. The molecular formula is C12H26N2O. The molecule has 0 aliphatic heterocycles. The molecule has 1 atom stereocenters. The molecule has 0 aromatic heterocycles. The molecule has 0 saturated carbocycles. The third-order valence-electron chi connectivity index (χ3n) is 2.24. The van der Waals surface area contributed by atoms with Crippen LogP contribution >= 0.6 is 0 Å². The van der Waals surface area contributed by atoms with Crippen molar-refractivity contribution in [3.05, 3.63) is 0 Å². The molecule has 0 saturated heterocycles. The molecule has 90 valence electrons. The first-order valence-electron chi connectivity index (χ1n) is 5.92. The van der Waals surface area contributed by atoms with Gasteiger partial charge in [-0.2, -0.15) is 0 Å². The minimum absolute atomic E-state index is 0.0971. The summed E-state index contributed by atoms with van der Waals surface area (Å²) in [4.78, 5) is 13.9. The lowest BCUT2D eigenvalue weighted by Crippen LogP contribution is -2.46. The Kier molecular flexibility index (Phi) is 6.57. The lowest BCUT2D eigenvalue weighted by atomic mass is 10.1. The molecule has 1 unspecified atom stereocenters. The maximum atomic E-state index is 11.9. The third kappa shape index (κ3) is 5.78. The predicted octanol–water partition coefficient (Wildman–Crippen LogP) is 1.86. The molecule has 0 aromatic rings. The Morgan fingerprint density at radius 2 is 1.53 bits per heavy atom. The molecule has 0 rings (SSSR count). The average Bonchev–Trinajstić information content (AvgIpc) is 2.13. The van der Waals surface area contributed by atoms with E-state index < -0.39 is 0 Å². The van der Waals surface area contributed by atoms with E-state index in [-0.39, 0.29) is 11.9 Å². The van der Waals surface area contributed by atoms with Crippen LogP contribution in [-0.2, 0) is 4.79 Å². The monoisotopic (exact) mass is 214 g/mol. The van der Waals surface area contributed by atoms with Crippen molar-refractivity contribution in [2.45, 2.75) is 47.1 Å². The summed E-state index contributed by atoms with van der Waals surface area (Å²) in [6.45, 7) is 12.1. The van der Waals surface area contributed by atoms with Gasteiger partial charge in [0.05, 0.1) is 6.04 Å². The summed E-state index contributed by atoms with van der Waals surface area (Å²) in [6.07, 6.45) is 0.714. The van der Waals surface area contributed by atoms with Gasteiger partial charge in [0.1, 0.15) is 0 Å².